The SMILES string of the molecule is Cc1ccc(-c2nn([C@@H]3O[C@H](CO)[C@@H](O)[C@@H]3O)c(=S)o2)cc1. The molecule has 0 amide bonds. The Morgan fingerprint density at radius 1 is 1.23 bits per heavy atom. The van der Waals surface area contributed by atoms with Crippen LogP contribution in [-0.4, -0.2) is 50.0 Å². The number of hydrogen-bond donors (Lipinski definition) is 3. The predicted octanol–water partition coefficient (Wildman–Crippen LogP) is 0.793. The minimum atomic E-state index is -1.25. The van der Waals surface area contributed by atoms with Crippen LogP contribution in [0.2, 0.25) is 0 Å². The van der Waals surface area contributed by atoms with E-state index in [1.165, 1.54) is 4.68 Å². The van der Waals surface area contributed by atoms with Gasteiger partial charge in [-0.1, -0.05) is 17.7 Å². The Kier molecular flexibility index (Phi) is 4.11. The predicted molar refractivity (Wildman–Crippen MR) is 78.5 cm³/mol. The minimum absolute atomic E-state index is 0.0189. The number of hydrogen-bond acceptors (Lipinski definition) is 7. The van der Waals surface area contributed by atoms with E-state index < -0.39 is 31.1 Å². The lowest BCUT2D eigenvalue weighted by Gasteiger charge is -2.13. The molecule has 0 unspecified atom stereocenters. The van der Waals surface area contributed by atoms with Gasteiger partial charge in [0, 0.05) is 5.56 Å². The van der Waals surface area contributed by atoms with E-state index in [0.29, 0.717) is 5.89 Å². The fourth-order valence-electron chi connectivity index (χ4n) is 2.34. The van der Waals surface area contributed by atoms with Crippen molar-refractivity contribution in [2.75, 3.05) is 6.61 Å². The third-order valence-electron chi connectivity index (χ3n) is 3.63. The number of rotatable bonds is 3. The van der Waals surface area contributed by atoms with Gasteiger partial charge in [-0.25, -0.2) is 0 Å². The highest BCUT2D eigenvalue weighted by atomic mass is 32.1. The number of aliphatic hydroxyl groups excluding tert-OH is 3. The van der Waals surface area contributed by atoms with Crippen molar-refractivity contribution in [2.45, 2.75) is 31.5 Å². The van der Waals surface area contributed by atoms with Gasteiger partial charge < -0.3 is 24.5 Å². The standard InChI is InChI=1S/C14H16N2O5S/c1-7-2-4-8(5-3-7)12-15-16(14(22)21-12)13-11(19)10(18)9(6-17)20-13/h2-5,9-11,13,17-19H,6H2,1H3/t9-,10-,11+,13-/m1/s1. The average Bonchev–Trinajstić information content (AvgIpc) is 3.02. The Labute approximate surface area is 131 Å². The molecule has 4 atom stereocenters. The highest BCUT2D eigenvalue weighted by Crippen LogP contribution is 2.30. The Bertz CT molecular complexity index is 711. The van der Waals surface area contributed by atoms with E-state index in [-0.39, 0.29) is 4.84 Å². The molecule has 0 radical (unpaired) electrons. The molecule has 2 aromatic rings. The van der Waals surface area contributed by atoms with Crippen LogP contribution in [0.5, 0.6) is 0 Å². The lowest BCUT2D eigenvalue weighted by atomic mass is 10.1. The highest BCUT2D eigenvalue weighted by Gasteiger charge is 2.44. The van der Waals surface area contributed by atoms with Gasteiger partial charge in [-0.3, -0.25) is 0 Å². The zero-order valence-corrected chi connectivity index (χ0v) is 12.6. The maximum Gasteiger partial charge on any atom is 0.289 e. The van der Waals surface area contributed by atoms with E-state index in [2.05, 4.69) is 5.10 Å². The van der Waals surface area contributed by atoms with E-state index in [0.717, 1.165) is 11.1 Å². The summed E-state index contributed by atoms with van der Waals surface area (Å²) in [4.78, 5) is 0.0189. The quantitative estimate of drug-likeness (QED) is 0.718. The summed E-state index contributed by atoms with van der Waals surface area (Å²) in [5.41, 5.74) is 1.84. The first kappa shape index (κ1) is 15.3. The van der Waals surface area contributed by atoms with Crippen LogP contribution in [0.15, 0.2) is 28.7 Å². The fourth-order valence-corrected chi connectivity index (χ4v) is 2.57. The van der Waals surface area contributed by atoms with Crippen LogP contribution in [0.3, 0.4) is 0 Å². The van der Waals surface area contributed by atoms with Crippen LogP contribution in [0, 0.1) is 11.8 Å². The number of benzene rings is 1. The van der Waals surface area contributed by atoms with Gasteiger partial charge >= 0.3 is 0 Å². The van der Waals surface area contributed by atoms with Crippen molar-refractivity contribution in [1.82, 2.24) is 9.78 Å². The van der Waals surface area contributed by atoms with Crippen LogP contribution in [0.4, 0.5) is 0 Å². The van der Waals surface area contributed by atoms with Crippen molar-refractivity contribution in [3.05, 3.63) is 34.7 Å². The third kappa shape index (κ3) is 2.59. The second-order valence-electron chi connectivity index (χ2n) is 5.21. The number of aromatic nitrogens is 2. The summed E-state index contributed by atoms with van der Waals surface area (Å²) in [6.45, 7) is 1.56. The Balaban J connectivity index is 1.93. The van der Waals surface area contributed by atoms with Gasteiger partial charge in [0.05, 0.1) is 6.61 Å². The molecule has 0 aliphatic carbocycles. The van der Waals surface area contributed by atoms with Crippen LogP contribution < -0.4 is 0 Å². The largest absolute Gasteiger partial charge is 0.409 e. The lowest BCUT2D eigenvalue weighted by molar-refractivity contribution is -0.0602. The normalized spacial score (nSPS) is 28.2. The van der Waals surface area contributed by atoms with Gasteiger partial charge in [0.1, 0.15) is 18.3 Å². The minimum Gasteiger partial charge on any atom is -0.409 e. The molecule has 2 heterocycles. The second kappa shape index (κ2) is 5.90. The molecule has 1 aliphatic heterocycles. The molecule has 3 N–H and O–H groups in total. The van der Waals surface area contributed by atoms with Gasteiger partial charge in [0.15, 0.2) is 6.23 Å². The molecule has 0 bridgehead atoms. The summed E-state index contributed by atoms with van der Waals surface area (Å²) in [5, 5.41) is 33.1. The first-order valence-electron chi connectivity index (χ1n) is 6.80. The van der Waals surface area contributed by atoms with Gasteiger partial charge in [-0.15, -0.1) is 5.10 Å². The maximum absolute atomic E-state index is 10.0. The second-order valence-corrected chi connectivity index (χ2v) is 5.56. The molecular formula is C14H16N2O5S. The fraction of sp³-hybridized carbons (Fsp3) is 0.429. The molecule has 7 nitrogen and oxygen atoms in total. The Morgan fingerprint density at radius 3 is 2.50 bits per heavy atom. The molecule has 1 aromatic carbocycles. The molecule has 22 heavy (non-hydrogen) atoms. The monoisotopic (exact) mass is 324 g/mol. The van der Waals surface area contributed by atoms with Crippen molar-refractivity contribution < 1.29 is 24.5 Å². The molecule has 1 aromatic heterocycles. The molecule has 8 heteroatoms. The maximum atomic E-state index is 10.0. The molecule has 3 rings (SSSR count). The average molecular weight is 324 g/mol. The van der Waals surface area contributed by atoms with Crippen LogP contribution in [0.1, 0.15) is 11.8 Å². The van der Waals surface area contributed by atoms with Crippen molar-refractivity contribution in [3.8, 4) is 11.5 Å². The Hall–Kier alpha value is -1.58. The van der Waals surface area contributed by atoms with Crippen molar-refractivity contribution >= 4 is 12.2 Å². The van der Waals surface area contributed by atoms with Gasteiger partial charge in [0.2, 0.25) is 5.89 Å². The summed E-state index contributed by atoms with van der Waals surface area (Å²) < 4.78 is 12.0. The Morgan fingerprint density at radius 2 is 1.91 bits per heavy atom. The van der Waals surface area contributed by atoms with Gasteiger partial charge in [-0.05, 0) is 31.3 Å². The third-order valence-corrected chi connectivity index (χ3v) is 3.90. The summed E-state index contributed by atoms with van der Waals surface area (Å²) in [5.74, 6) is 0.294. The molecule has 0 saturated carbocycles. The van der Waals surface area contributed by atoms with Crippen molar-refractivity contribution in [2.24, 2.45) is 0 Å². The summed E-state index contributed by atoms with van der Waals surface area (Å²) in [6, 6.07) is 7.52. The number of aryl methyl sites for hydroxylation is 1. The zero-order chi connectivity index (χ0) is 15.9. The van der Waals surface area contributed by atoms with Crippen LogP contribution in [0.25, 0.3) is 11.5 Å². The molecule has 0 spiro atoms. The van der Waals surface area contributed by atoms with E-state index in [9.17, 15) is 10.2 Å². The molecular weight excluding hydrogens is 308 g/mol. The molecule has 118 valence electrons. The first-order chi connectivity index (χ1) is 10.5. The topological polar surface area (TPSA) is 101 Å². The lowest BCUT2D eigenvalue weighted by Crippen LogP contribution is -2.33. The summed E-state index contributed by atoms with van der Waals surface area (Å²) in [6.07, 6.45) is -4.35. The number of aliphatic hydroxyl groups is 3. The number of ether oxygens (including phenoxy) is 1. The first-order valence-corrected chi connectivity index (χ1v) is 7.21. The van der Waals surface area contributed by atoms with Gasteiger partial charge in [-0.2, -0.15) is 4.68 Å². The van der Waals surface area contributed by atoms with Crippen molar-refractivity contribution in [1.29, 1.82) is 0 Å². The summed E-state index contributed by atoms with van der Waals surface area (Å²) in [7, 11) is 0. The van der Waals surface area contributed by atoms with Crippen molar-refractivity contribution in [3.63, 3.8) is 0 Å². The van der Waals surface area contributed by atoms with E-state index in [4.69, 9.17) is 26.5 Å². The van der Waals surface area contributed by atoms with E-state index >= 15 is 0 Å². The molecule has 1 saturated heterocycles. The van der Waals surface area contributed by atoms with E-state index in [1.807, 2.05) is 31.2 Å². The smallest absolute Gasteiger partial charge is 0.289 e. The number of nitrogens with zero attached hydrogens (tertiary/aromatic N) is 2. The zero-order valence-electron chi connectivity index (χ0n) is 11.8. The van der Waals surface area contributed by atoms with Gasteiger partial charge in [0.25, 0.3) is 4.84 Å². The summed E-state index contributed by atoms with van der Waals surface area (Å²) >= 11 is 5.10. The van der Waals surface area contributed by atoms with Crippen LogP contribution >= 0.6 is 12.2 Å². The highest BCUT2D eigenvalue weighted by molar-refractivity contribution is 7.71. The van der Waals surface area contributed by atoms with E-state index in [1.54, 1.807) is 0 Å². The van der Waals surface area contributed by atoms with Crippen LogP contribution in [-0.2, 0) is 4.74 Å². The molecule has 1 fully saturated rings. The molecule has 1 aliphatic rings.